The molecule has 0 saturated carbocycles. The Bertz CT molecular complexity index is 747. The van der Waals surface area contributed by atoms with Gasteiger partial charge in [-0.2, -0.15) is 0 Å². The molecule has 0 fully saturated rings. The van der Waals surface area contributed by atoms with Crippen molar-refractivity contribution in [2.45, 2.75) is 6.54 Å². The summed E-state index contributed by atoms with van der Waals surface area (Å²) in [7, 11) is 1.36. The molecule has 2 heterocycles. The van der Waals surface area contributed by atoms with Crippen molar-refractivity contribution in [1.82, 2.24) is 9.55 Å². The van der Waals surface area contributed by atoms with Gasteiger partial charge in [0, 0.05) is 17.3 Å². The number of aromatic nitrogens is 2. The summed E-state index contributed by atoms with van der Waals surface area (Å²) in [6.07, 6.45) is 1.80. The van der Waals surface area contributed by atoms with Crippen molar-refractivity contribution in [3.63, 3.8) is 0 Å². The van der Waals surface area contributed by atoms with Gasteiger partial charge in [0.05, 0.1) is 12.8 Å². The topological polar surface area (TPSA) is 64.3 Å². The van der Waals surface area contributed by atoms with E-state index in [4.69, 9.17) is 4.74 Å². The maximum Gasteiger partial charge on any atom is 0.325 e. The molecule has 1 N–H and O–H groups in total. The van der Waals surface area contributed by atoms with Gasteiger partial charge in [-0.15, -0.1) is 0 Å². The van der Waals surface area contributed by atoms with Crippen LogP contribution in [0.2, 0.25) is 0 Å². The largest absolute Gasteiger partial charge is 0.508 e. The van der Waals surface area contributed by atoms with Gasteiger partial charge in [-0.1, -0.05) is 0 Å². The van der Waals surface area contributed by atoms with Crippen LogP contribution in [0.3, 0.4) is 0 Å². The average Bonchev–Trinajstić information content (AvgIpc) is 2.93. The number of carbonyl (C=O) groups is 1. The van der Waals surface area contributed by atoms with Crippen molar-refractivity contribution in [3.05, 3.63) is 48.7 Å². The monoisotopic (exact) mass is 282 g/mol. The summed E-state index contributed by atoms with van der Waals surface area (Å²) in [4.78, 5) is 16.0. The first-order valence-corrected chi connectivity index (χ1v) is 6.49. The number of benzene rings is 1. The number of hydrogen-bond donors (Lipinski definition) is 1. The molecule has 1 aromatic carbocycles. The molecule has 1 aromatic rings. The molecule has 0 atom stereocenters. The van der Waals surface area contributed by atoms with Gasteiger partial charge in [0.1, 0.15) is 18.1 Å². The number of methoxy groups -OCH3 is 1. The lowest BCUT2D eigenvalue weighted by Gasteiger charge is -2.09. The highest BCUT2D eigenvalue weighted by atomic mass is 16.5. The highest BCUT2D eigenvalue weighted by molar-refractivity contribution is 5.74. The summed E-state index contributed by atoms with van der Waals surface area (Å²) in [5.74, 6) is 0.628. The van der Waals surface area contributed by atoms with E-state index in [9.17, 15) is 9.90 Å². The minimum absolute atomic E-state index is 0.125. The van der Waals surface area contributed by atoms with Crippen molar-refractivity contribution in [2.75, 3.05) is 7.11 Å². The van der Waals surface area contributed by atoms with Gasteiger partial charge >= 0.3 is 5.97 Å². The van der Waals surface area contributed by atoms with Crippen LogP contribution in [0.25, 0.3) is 22.6 Å². The fourth-order valence-electron chi connectivity index (χ4n) is 2.21. The smallest absolute Gasteiger partial charge is 0.325 e. The summed E-state index contributed by atoms with van der Waals surface area (Å²) < 4.78 is 6.45. The number of phenols is 1. The van der Waals surface area contributed by atoms with E-state index in [1.807, 2.05) is 18.2 Å². The summed E-state index contributed by atoms with van der Waals surface area (Å²) in [5.41, 5.74) is 2.66. The van der Waals surface area contributed by atoms with Crippen LogP contribution in [0, 0.1) is 0 Å². The molecule has 106 valence electrons. The number of pyridine rings is 1. The lowest BCUT2D eigenvalue weighted by atomic mass is 10.1. The van der Waals surface area contributed by atoms with Gasteiger partial charge in [0.15, 0.2) is 0 Å². The van der Waals surface area contributed by atoms with E-state index in [2.05, 4.69) is 4.98 Å². The maximum absolute atomic E-state index is 11.4. The quantitative estimate of drug-likeness (QED) is 0.750. The number of ether oxygens (including phenoxy) is 1. The molecular formula is C16H14N2O3. The average molecular weight is 282 g/mol. The Hall–Kier alpha value is -2.82. The van der Waals surface area contributed by atoms with Crippen molar-refractivity contribution >= 4 is 5.97 Å². The molecule has 0 amide bonds. The molecule has 5 heteroatoms. The zero-order valence-electron chi connectivity index (χ0n) is 11.5. The predicted molar refractivity (Wildman–Crippen MR) is 78.0 cm³/mol. The normalized spacial score (nSPS) is 10.7. The first kappa shape index (κ1) is 13.2. The van der Waals surface area contributed by atoms with Crippen molar-refractivity contribution < 1.29 is 14.6 Å². The summed E-state index contributed by atoms with van der Waals surface area (Å²) in [6.45, 7) is 0.125. The fraction of sp³-hybridized carbons (Fsp3) is 0.125. The second kappa shape index (κ2) is 5.28. The number of phenolic OH excluding ortho intramolecular Hbond substituents is 1. The Balaban J connectivity index is 2.03. The van der Waals surface area contributed by atoms with E-state index in [1.165, 1.54) is 7.11 Å². The Morgan fingerprint density at radius 2 is 2.00 bits per heavy atom. The zero-order valence-corrected chi connectivity index (χ0v) is 11.5. The highest BCUT2D eigenvalue weighted by Crippen LogP contribution is 2.29. The second-order valence-electron chi connectivity index (χ2n) is 4.68. The second-order valence-corrected chi connectivity index (χ2v) is 4.68. The molecule has 0 radical (unpaired) electrons. The van der Waals surface area contributed by atoms with Crippen LogP contribution in [0.15, 0.2) is 48.7 Å². The van der Waals surface area contributed by atoms with E-state index >= 15 is 0 Å². The lowest BCUT2D eigenvalue weighted by Crippen LogP contribution is -2.13. The van der Waals surface area contributed by atoms with Crippen molar-refractivity contribution in [3.8, 4) is 28.4 Å². The summed E-state index contributed by atoms with van der Waals surface area (Å²) >= 11 is 0. The van der Waals surface area contributed by atoms with E-state index in [-0.39, 0.29) is 18.3 Å². The van der Waals surface area contributed by atoms with E-state index in [1.54, 1.807) is 35.0 Å². The third kappa shape index (κ3) is 2.58. The molecule has 2 aliphatic heterocycles. The number of rotatable bonds is 3. The third-order valence-electron chi connectivity index (χ3n) is 3.28. The number of hydrogen-bond acceptors (Lipinski definition) is 4. The third-order valence-corrected chi connectivity index (χ3v) is 3.28. The summed E-state index contributed by atoms with van der Waals surface area (Å²) in [5, 5.41) is 9.34. The molecule has 0 aromatic heterocycles. The van der Waals surface area contributed by atoms with Gasteiger partial charge in [0.2, 0.25) is 0 Å². The standard InChI is InChI=1S/C16H14N2O3/c1-21-15(20)10-18-8-2-3-12-9-14(17-16(12)18)11-4-6-13(19)7-5-11/h2-9,19H,10H2,1H3. The van der Waals surface area contributed by atoms with Crippen LogP contribution in [0.1, 0.15) is 0 Å². The molecule has 5 nitrogen and oxygen atoms in total. The first-order chi connectivity index (χ1) is 10.2. The lowest BCUT2D eigenvalue weighted by molar-refractivity contribution is -0.141. The Morgan fingerprint density at radius 3 is 2.71 bits per heavy atom. The van der Waals surface area contributed by atoms with Crippen LogP contribution >= 0.6 is 0 Å². The molecule has 0 unspecified atom stereocenters. The fourth-order valence-corrected chi connectivity index (χ4v) is 2.21. The number of esters is 1. The minimum Gasteiger partial charge on any atom is -0.508 e. The van der Waals surface area contributed by atoms with E-state index < -0.39 is 0 Å². The minimum atomic E-state index is -0.318. The molecular weight excluding hydrogens is 268 g/mol. The Kier molecular flexibility index (Phi) is 3.31. The molecule has 3 rings (SSSR count). The van der Waals surface area contributed by atoms with Gasteiger partial charge in [-0.25, -0.2) is 4.98 Å². The Morgan fingerprint density at radius 1 is 1.24 bits per heavy atom. The number of aromatic hydroxyl groups is 1. The van der Waals surface area contributed by atoms with E-state index in [0.717, 1.165) is 22.6 Å². The molecule has 0 bridgehead atoms. The Labute approximate surface area is 121 Å². The van der Waals surface area contributed by atoms with Crippen molar-refractivity contribution in [1.29, 1.82) is 0 Å². The SMILES string of the molecule is COC(=O)Cn1cccc2cc(-c3ccc(O)cc3)nc1-2. The number of carbonyl (C=O) groups excluding carboxylic acids is 1. The van der Waals surface area contributed by atoms with Gasteiger partial charge in [0.25, 0.3) is 0 Å². The van der Waals surface area contributed by atoms with Crippen LogP contribution < -0.4 is 0 Å². The van der Waals surface area contributed by atoms with Gasteiger partial charge in [-0.05, 0) is 42.5 Å². The van der Waals surface area contributed by atoms with E-state index in [0.29, 0.717) is 0 Å². The summed E-state index contributed by atoms with van der Waals surface area (Å²) in [6, 6.07) is 12.6. The molecule has 0 spiro atoms. The van der Waals surface area contributed by atoms with Gasteiger partial charge in [-0.3, -0.25) is 4.79 Å². The van der Waals surface area contributed by atoms with Crippen LogP contribution in [0.4, 0.5) is 0 Å². The molecule has 0 saturated heterocycles. The number of fused-ring (bicyclic) bond motifs is 1. The van der Waals surface area contributed by atoms with Crippen LogP contribution in [-0.4, -0.2) is 27.7 Å². The molecule has 21 heavy (non-hydrogen) atoms. The van der Waals surface area contributed by atoms with Crippen molar-refractivity contribution in [2.24, 2.45) is 0 Å². The number of nitrogens with zero attached hydrogens (tertiary/aromatic N) is 2. The molecule has 0 aliphatic carbocycles. The highest BCUT2D eigenvalue weighted by Gasteiger charge is 2.14. The zero-order chi connectivity index (χ0) is 14.8. The predicted octanol–water partition coefficient (Wildman–Crippen LogP) is 2.53. The van der Waals surface area contributed by atoms with Gasteiger partial charge < -0.3 is 14.4 Å². The molecule has 2 aliphatic rings. The van der Waals surface area contributed by atoms with Crippen LogP contribution in [0.5, 0.6) is 5.75 Å². The first-order valence-electron chi connectivity index (χ1n) is 6.49. The van der Waals surface area contributed by atoms with Crippen LogP contribution in [-0.2, 0) is 16.1 Å². The maximum atomic E-state index is 11.4.